The fraction of sp³-hybridized carbons (Fsp3) is 0.500. The second-order valence-corrected chi connectivity index (χ2v) is 4.78. The molecule has 18 heavy (non-hydrogen) atoms. The summed E-state index contributed by atoms with van der Waals surface area (Å²) in [5.74, 6) is 1.71. The van der Waals surface area contributed by atoms with E-state index in [0.717, 1.165) is 36.4 Å². The average molecular weight is 244 g/mol. The van der Waals surface area contributed by atoms with Crippen LogP contribution in [0.3, 0.4) is 0 Å². The third-order valence-electron chi connectivity index (χ3n) is 3.58. The lowest BCUT2D eigenvalue weighted by Gasteiger charge is -2.21. The Labute approximate surface area is 107 Å². The highest BCUT2D eigenvalue weighted by atomic mass is 16.6. The minimum Gasteiger partial charge on any atom is -0.486 e. The van der Waals surface area contributed by atoms with Crippen LogP contribution in [0.5, 0.6) is 11.5 Å². The number of nitriles is 1. The van der Waals surface area contributed by atoms with E-state index < -0.39 is 0 Å². The van der Waals surface area contributed by atoms with Gasteiger partial charge in [0.15, 0.2) is 11.5 Å². The van der Waals surface area contributed by atoms with Crippen LogP contribution in [-0.2, 0) is 0 Å². The highest BCUT2D eigenvalue weighted by Crippen LogP contribution is 2.34. The van der Waals surface area contributed by atoms with Crippen molar-refractivity contribution in [3.05, 3.63) is 18.2 Å². The van der Waals surface area contributed by atoms with Gasteiger partial charge in [0, 0.05) is 17.8 Å². The van der Waals surface area contributed by atoms with Crippen LogP contribution in [0, 0.1) is 17.2 Å². The van der Waals surface area contributed by atoms with Crippen molar-refractivity contribution in [3.8, 4) is 17.6 Å². The lowest BCUT2D eigenvalue weighted by atomic mass is 10.1. The monoisotopic (exact) mass is 244 g/mol. The number of nitrogens with one attached hydrogen (secondary N) is 1. The molecule has 1 aromatic rings. The molecule has 1 heterocycles. The zero-order valence-corrected chi connectivity index (χ0v) is 10.2. The predicted molar refractivity (Wildman–Crippen MR) is 67.8 cm³/mol. The van der Waals surface area contributed by atoms with Crippen LogP contribution in [0.25, 0.3) is 0 Å². The van der Waals surface area contributed by atoms with Crippen LogP contribution >= 0.6 is 0 Å². The van der Waals surface area contributed by atoms with Crippen molar-refractivity contribution in [2.24, 2.45) is 5.92 Å². The van der Waals surface area contributed by atoms with Crippen molar-refractivity contribution in [2.45, 2.75) is 25.3 Å². The number of hydrogen-bond donors (Lipinski definition) is 1. The van der Waals surface area contributed by atoms with E-state index in [1.807, 2.05) is 18.2 Å². The lowest BCUT2D eigenvalue weighted by Crippen LogP contribution is -2.23. The van der Waals surface area contributed by atoms with Crippen LogP contribution in [0.4, 0.5) is 5.69 Å². The van der Waals surface area contributed by atoms with Crippen LogP contribution in [0.2, 0.25) is 0 Å². The standard InChI is InChI=1S/C14H16N2O2/c15-9-10-2-1-3-12(10)16-11-4-5-13-14(8-11)18-7-6-17-13/h4-5,8,10,12,16H,1-3,6-7H2. The van der Waals surface area contributed by atoms with Crippen molar-refractivity contribution in [1.29, 1.82) is 5.26 Å². The number of fused-ring (bicyclic) bond motifs is 1. The Morgan fingerprint density at radius 3 is 2.83 bits per heavy atom. The molecule has 1 aliphatic carbocycles. The summed E-state index contributed by atoms with van der Waals surface area (Å²) in [5, 5.41) is 12.5. The maximum absolute atomic E-state index is 9.07. The van der Waals surface area contributed by atoms with E-state index in [1.54, 1.807) is 0 Å². The molecule has 1 N–H and O–H groups in total. The molecule has 94 valence electrons. The van der Waals surface area contributed by atoms with Crippen molar-refractivity contribution in [3.63, 3.8) is 0 Å². The third-order valence-corrected chi connectivity index (χ3v) is 3.58. The Balaban J connectivity index is 1.75. The second kappa shape index (κ2) is 4.77. The zero-order valence-electron chi connectivity index (χ0n) is 10.2. The average Bonchev–Trinajstić information content (AvgIpc) is 2.86. The molecule has 0 saturated heterocycles. The number of anilines is 1. The molecular weight excluding hydrogens is 228 g/mol. The Morgan fingerprint density at radius 2 is 2.00 bits per heavy atom. The summed E-state index contributed by atoms with van der Waals surface area (Å²) in [5.41, 5.74) is 1.01. The Kier molecular flexibility index (Phi) is 2.97. The van der Waals surface area contributed by atoms with Gasteiger partial charge in [-0.3, -0.25) is 0 Å². The molecular formula is C14H16N2O2. The van der Waals surface area contributed by atoms with Gasteiger partial charge in [0.2, 0.25) is 0 Å². The van der Waals surface area contributed by atoms with E-state index >= 15 is 0 Å². The quantitative estimate of drug-likeness (QED) is 0.868. The number of nitrogens with zero attached hydrogens (tertiary/aromatic N) is 1. The molecule has 0 bridgehead atoms. The fourth-order valence-electron chi connectivity index (χ4n) is 2.63. The van der Waals surface area contributed by atoms with Gasteiger partial charge in [-0.05, 0) is 31.4 Å². The molecule has 0 amide bonds. The maximum atomic E-state index is 9.07. The molecule has 0 spiro atoms. The molecule has 4 heteroatoms. The van der Waals surface area contributed by atoms with Crippen molar-refractivity contribution in [1.82, 2.24) is 0 Å². The molecule has 2 atom stereocenters. The Hall–Kier alpha value is -1.89. The first-order valence-electron chi connectivity index (χ1n) is 6.42. The number of benzene rings is 1. The summed E-state index contributed by atoms with van der Waals surface area (Å²) in [6, 6.07) is 8.51. The highest BCUT2D eigenvalue weighted by Gasteiger charge is 2.27. The van der Waals surface area contributed by atoms with Gasteiger partial charge < -0.3 is 14.8 Å². The van der Waals surface area contributed by atoms with E-state index in [-0.39, 0.29) is 12.0 Å². The minimum atomic E-state index is 0.123. The minimum absolute atomic E-state index is 0.123. The molecule has 1 aromatic carbocycles. The van der Waals surface area contributed by atoms with Gasteiger partial charge in [-0.25, -0.2) is 0 Å². The van der Waals surface area contributed by atoms with Gasteiger partial charge in [0.1, 0.15) is 13.2 Å². The van der Waals surface area contributed by atoms with Gasteiger partial charge >= 0.3 is 0 Å². The van der Waals surface area contributed by atoms with Crippen LogP contribution in [-0.4, -0.2) is 19.3 Å². The fourth-order valence-corrected chi connectivity index (χ4v) is 2.63. The topological polar surface area (TPSA) is 54.3 Å². The van der Waals surface area contributed by atoms with Gasteiger partial charge in [-0.2, -0.15) is 5.26 Å². The van der Waals surface area contributed by atoms with E-state index in [1.165, 1.54) is 0 Å². The number of hydrogen-bond acceptors (Lipinski definition) is 4. The van der Waals surface area contributed by atoms with Crippen LogP contribution in [0.1, 0.15) is 19.3 Å². The first-order valence-corrected chi connectivity index (χ1v) is 6.42. The zero-order chi connectivity index (χ0) is 12.4. The summed E-state index contributed by atoms with van der Waals surface area (Å²) in [6.45, 7) is 1.21. The lowest BCUT2D eigenvalue weighted by molar-refractivity contribution is 0.171. The van der Waals surface area contributed by atoms with Gasteiger partial charge in [-0.15, -0.1) is 0 Å². The molecule has 4 nitrogen and oxygen atoms in total. The summed E-state index contributed by atoms with van der Waals surface area (Å²) >= 11 is 0. The predicted octanol–water partition coefficient (Wildman–Crippen LogP) is 2.56. The van der Waals surface area contributed by atoms with Gasteiger partial charge in [0.25, 0.3) is 0 Å². The molecule has 2 aliphatic rings. The molecule has 1 saturated carbocycles. The summed E-state index contributed by atoms with van der Waals surface area (Å²) < 4.78 is 11.0. The maximum Gasteiger partial charge on any atom is 0.163 e. The largest absolute Gasteiger partial charge is 0.486 e. The van der Waals surface area contributed by atoms with Crippen molar-refractivity contribution < 1.29 is 9.47 Å². The molecule has 3 rings (SSSR count). The molecule has 2 unspecified atom stereocenters. The molecule has 1 aliphatic heterocycles. The SMILES string of the molecule is N#CC1CCCC1Nc1ccc2c(c1)OCCO2. The molecule has 1 fully saturated rings. The number of ether oxygens (including phenoxy) is 2. The first-order chi connectivity index (χ1) is 8.86. The highest BCUT2D eigenvalue weighted by molar-refractivity contribution is 5.55. The van der Waals surface area contributed by atoms with Crippen molar-refractivity contribution in [2.75, 3.05) is 18.5 Å². The number of rotatable bonds is 2. The van der Waals surface area contributed by atoms with Crippen molar-refractivity contribution >= 4 is 5.69 Å². The van der Waals surface area contributed by atoms with Crippen LogP contribution < -0.4 is 14.8 Å². The second-order valence-electron chi connectivity index (χ2n) is 4.78. The third kappa shape index (κ3) is 2.08. The summed E-state index contributed by atoms with van der Waals surface area (Å²) in [6.07, 6.45) is 3.19. The van der Waals surface area contributed by atoms with E-state index in [4.69, 9.17) is 14.7 Å². The van der Waals surface area contributed by atoms with Crippen LogP contribution in [0.15, 0.2) is 18.2 Å². The van der Waals surface area contributed by atoms with Gasteiger partial charge in [0.05, 0.1) is 12.0 Å². The van der Waals surface area contributed by atoms with E-state index in [2.05, 4.69) is 11.4 Å². The molecule has 0 radical (unpaired) electrons. The van der Waals surface area contributed by atoms with Gasteiger partial charge in [-0.1, -0.05) is 0 Å². The van der Waals surface area contributed by atoms with E-state index in [0.29, 0.717) is 13.2 Å². The Morgan fingerprint density at radius 1 is 1.17 bits per heavy atom. The normalized spacial score (nSPS) is 25.5. The molecule has 0 aromatic heterocycles. The first kappa shape index (κ1) is 11.2. The Bertz CT molecular complexity index is 481. The smallest absolute Gasteiger partial charge is 0.163 e. The summed E-state index contributed by atoms with van der Waals surface area (Å²) in [7, 11) is 0. The van der Waals surface area contributed by atoms with E-state index in [9.17, 15) is 0 Å². The summed E-state index contributed by atoms with van der Waals surface area (Å²) in [4.78, 5) is 0.